The van der Waals surface area contributed by atoms with Crippen LogP contribution in [0.15, 0.2) is 24.3 Å². The highest BCUT2D eigenvalue weighted by molar-refractivity contribution is 5.34. The number of nitrogens with zero attached hydrogens (tertiary/aromatic N) is 1. The summed E-state index contributed by atoms with van der Waals surface area (Å²) in [6.45, 7) is 5.66. The lowest BCUT2D eigenvalue weighted by Crippen LogP contribution is -2.38. The summed E-state index contributed by atoms with van der Waals surface area (Å²) in [5.41, 5.74) is 6.48. The summed E-state index contributed by atoms with van der Waals surface area (Å²) < 4.78 is 5.82. The van der Waals surface area contributed by atoms with E-state index in [2.05, 4.69) is 11.8 Å². The molecule has 1 saturated heterocycles. The topological polar surface area (TPSA) is 58.7 Å². The largest absolute Gasteiger partial charge is 0.508 e. The maximum absolute atomic E-state index is 9.94. The Morgan fingerprint density at radius 3 is 2.70 bits per heavy atom. The van der Waals surface area contributed by atoms with Crippen LogP contribution < -0.4 is 5.73 Å². The Morgan fingerprint density at radius 1 is 1.35 bits per heavy atom. The van der Waals surface area contributed by atoms with Crippen molar-refractivity contribution in [2.75, 3.05) is 26.2 Å². The Labute approximate surface area is 121 Å². The van der Waals surface area contributed by atoms with E-state index in [1.54, 1.807) is 6.07 Å². The van der Waals surface area contributed by atoms with Crippen molar-refractivity contribution in [3.8, 4) is 5.75 Å². The van der Waals surface area contributed by atoms with Gasteiger partial charge in [-0.15, -0.1) is 0 Å². The number of piperidine rings is 1. The van der Waals surface area contributed by atoms with Gasteiger partial charge in [0, 0.05) is 31.3 Å². The molecule has 2 rings (SSSR count). The Balaban J connectivity index is 1.83. The van der Waals surface area contributed by atoms with Crippen LogP contribution in [0.4, 0.5) is 0 Å². The highest BCUT2D eigenvalue weighted by atomic mass is 16.5. The first-order valence-corrected chi connectivity index (χ1v) is 7.56. The van der Waals surface area contributed by atoms with Crippen LogP contribution in [-0.4, -0.2) is 42.4 Å². The molecule has 112 valence electrons. The zero-order chi connectivity index (χ0) is 14.4. The SMILES string of the molecule is CC(c1ccccc1O)N1CCC(OCCCN)CC1. The zero-order valence-electron chi connectivity index (χ0n) is 12.3. The molecule has 0 spiro atoms. The van der Waals surface area contributed by atoms with Gasteiger partial charge in [0.1, 0.15) is 5.75 Å². The fraction of sp³-hybridized carbons (Fsp3) is 0.625. The number of nitrogens with two attached hydrogens (primary N) is 1. The number of phenolic OH excluding ortho intramolecular Hbond substituents is 1. The van der Waals surface area contributed by atoms with Crippen LogP contribution in [0, 0.1) is 0 Å². The first kappa shape index (κ1) is 15.3. The third-order valence-electron chi connectivity index (χ3n) is 4.11. The second-order valence-electron chi connectivity index (χ2n) is 5.48. The van der Waals surface area contributed by atoms with Crippen molar-refractivity contribution in [1.82, 2.24) is 4.90 Å². The van der Waals surface area contributed by atoms with Crippen molar-refractivity contribution in [2.45, 2.75) is 38.3 Å². The number of rotatable bonds is 6. The average Bonchev–Trinajstić information content (AvgIpc) is 2.48. The third-order valence-corrected chi connectivity index (χ3v) is 4.11. The van der Waals surface area contributed by atoms with Crippen molar-refractivity contribution in [1.29, 1.82) is 0 Å². The number of likely N-dealkylation sites (tertiary alicyclic amines) is 1. The Kier molecular flexibility index (Phi) is 5.83. The molecule has 0 aliphatic carbocycles. The zero-order valence-corrected chi connectivity index (χ0v) is 12.3. The summed E-state index contributed by atoms with van der Waals surface area (Å²) in [7, 11) is 0. The van der Waals surface area contributed by atoms with Crippen LogP contribution in [0.5, 0.6) is 5.75 Å². The number of aromatic hydroxyl groups is 1. The van der Waals surface area contributed by atoms with E-state index in [0.29, 0.717) is 18.4 Å². The van der Waals surface area contributed by atoms with Gasteiger partial charge in [-0.25, -0.2) is 0 Å². The van der Waals surface area contributed by atoms with Gasteiger partial charge < -0.3 is 15.6 Å². The Hall–Kier alpha value is -1.10. The number of hydrogen-bond acceptors (Lipinski definition) is 4. The average molecular weight is 278 g/mol. The predicted molar refractivity (Wildman–Crippen MR) is 80.7 cm³/mol. The van der Waals surface area contributed by atoms with E-state index in [4.69, 9.17) is 10.5 Å². The van der Waals surface area contributed by atoms with Gasteiger partial charge in [-0.3, -0.25) is 4.90 Å². The number of phenols is 1. The van der Waals surface area contributed by atoms with Gasteiger partial charge >= 0.3 is 0 Å². The minimum absolute atomic E-state index is 0.251. The number of benzene rings is 1. The highest BCUT2D eigenvalue weighted by Gasteiger charge is 2.24. The van der Waals surface area contributed by atoms with Gasteiger partial charge in [-0.2, -0.15) is 0 Å². The summed E-state index contributed by atoms with van der Waals surface area (Å²) in [5.74, 6) is 0.390. The van der Waals surface area contributed by atoms with E-state index in [-0.39, 0.29) is 6.04 Å². The highest BCUT2D eigenvalue weighted by Crippen LogP contribution is 2.30. The molecule has 0 aromatic heterocycles. The summed E-state index contributed by atoms with van der Waals surface area (Å²) in [6.07, 6.45) is 3.42. The van der Waals surface area contributed by atoms with E-state index >= 15 is 0 Å². The number of para-hydroxylation sites is 1. The van der Waals surface area contributed by atoms with E-state index < -0.39 is 0 Å². The van der Waals surface area contributed by atoms with Crippen LogP contribution in [0.3, 0.4) is 0 Å². The molecular formula is C16H26N2O2. The first-order valence-electron chi connectivity index (χ1n) is 7.56. The molecule has 0 radical (unpaired) electrons. The van der Waals surface area contributed by atoms with E-state index in [0.717, 1.165) is 44.5 Å². The second kappa shape index (κ2) is 7.62. The molecule has 1 fully saturated rings. The van der Waals surface area contributed by atoms with E-state index in [1.807, 2.05) is 18.2 Å². The smallest absolute Gasteiger partial charge is 0.120 e. The standard InChI is InChI=1S/C16H26N2O2/c1-13(15-5-2-3-6-16(15)19)18-10-7-14(8-11-18)20-12-4-9-17/h2-3,5-6,13-14,19H,4,7-12,17H2,1H3. The van der Waals surface area contributed by atoms with Gasteiger partial charge in [-0.1, -0.05) is 18.2 Å². The van der Waals surface area contributed by atoms with Gasteiger partial charge in [0.15, 0.2) is 0 Å². The molecule has 0 bridgehead atoms. The van der Waals surface area contributed by atoms with Gasteiger partial charge in [0.05, 0.1) is 6.10 Å². The van der Waals surface area contributed by atoms with Crippen molar-refractivity contribution in [3.05, 3.63) is 29.8 Å². The minimum atomic E-state index is 0.251. The molecule has 4 nitrogen and oxygen atoms in total. The fourth-order valence-electron chi connectivity index (χ4n) is 2.80. The molecule has 1 heterocycles. The normalized spacial score (nSPS) is 19.1. The lowest BCUT2D eigenvalue weighted by atomic mass is 10.0. The van der Waals surface area contributed by atoms with Crippen molar-refractivity contribution >= 4 is 0 Å². The minimum Gasteiger partial charge on any atom is -0.508 e. The molecule has 4 heteroatoms. The van der Waals surface area contributed by atoms with Crippen LogP contribution in [0.1, 0.15) is 37.8 Å². The molecule has 1 aliphatic heterocycles. The molecule has 1 unspecified atom stereocenters. The van der Waals surface area contributed by atoms with Crippen LogP contribution >= 0.6 is 0 Å². The monoisotopic (exact) mass is 278 g/mol. The Bertz CT molecular complexity index is 403. The predicted octanol–water partition coefficient (Wildman–Crippen LogP) is 2.28. The summed E-state index contributed by atoms with van der Waals surface area (Å²) in [5, 5.41) is 9.94. The van der Waals surface area contributed by atoms with E-state index in [9.17, 15) is 5.11 Å². The van der Waals surface area contributed by atoms with Crippen LogP contribution in [-0.2, 0) is 4.74 Å². The van der Waals surface area contributed by atoms with Crippen LogP contribution in [0.2, 0.25) is 0 Å². The molecule has 3 N–H and O–H groups in total. The molecule has 1 aliphatic rings. The summed E-state index contributed by atoms with van der Waals surface area (Å²) >= 11 is 0. The lowest BCUT2D eigenvalue weighted by molar-refractivity contribution is -0.000914. The third kappa shape index (κ3) is 3.95. The molecule has 0 amide bonds. The molecule has 20 heavy (non-hydrogen) atoms. The lowest BCUT2D eigenvalue weighted by Gasteiger charge is -2.36. The molecule has 1 aromatic carbocycles. The van der Waals surface area contributed by atoms with Crippen molar-refractivity contribution < 1.29 is 9.84 Å². The molecule has 1 aromatic rings. The van der Waals surface area contributed by atoms with Gasteiger partial charge in [0.25, 0.3) is 0 Å². The maximum Gasteiger partial charge on any atom is 0.120 e. The fourth-order valence-corrected chi connectivity index (χ4v) is 2.80. The number of hydrogen-bond donors (Lipinski definition) is 2. The molecule has 1 atom stereocenters. The summed E-state index contributed by atoms with van der Waals surface area (Å²) in [6, 6.07) is 7.86. The van der Waals surface area contributed by atoms with Crippen LogP contribution in [0.25, 0.3) is 0 Å². The second-order valence-corrected chi connectivity index (χ2v) is 5.48. The summed E-state index contributed by atoms with van der Waals surface area (Å²) in [4.78, 5) is 2.41. The van der Waals surface area contributed by atoms with Crippen molar-refractivity contribution in [3.63, 3.8) is 0 Å². The molecular weight excluding hydrogens is 252 g/mol. The molecule has 0 saturated carbocycles. The number of ether oxygens (including phenoxy) is 1. The van der Waals surface area contributed by atoms with E-state index in [1.165, 1.54) is 0 Å². The van der Waals surface area contributed by atoms with Gasteiger partial charge in [0.2, 0.25) is 0 Å². The maximum atomic E-state index is 9.94. The quantitative estimate of drug-likeness (QED) is 0.784. The van der Waals surface area contributed by atoms with Crippen molar-refractivity contribution in [2.24, 2.45) is 5.73 Å². The van der Waals surface area contributed by atoms with Gasteiger partial charge in [-0.05, 0) is 38.8 Å². The Morgan fingerprint density at radius 2 is 2.05 bits per heavy atom. The first-order chi connectivity index (χ1) is 9.72.